The average molecular weight is 788 g/mol. The summed E-state index contributed by atoms with van der Waals surface area (Å²) < 4.78 is 28.6. The number of hydrogen-bond acceptors (Lipinski definition) is 6. The molecule has 2 aliphatic heterocycles. The Labute approximate surface area is 316 Å². The van der Waals surface area contributed by atoms with Crippen molar-refractivity contribution in [2.45, 2.75) is 61.6 Å². The van der Waals surface area contributed by atoms with E-state index in [-0.39, 0.29) is 59.6 Å². The Morgan fingerprint density at radius 2 is 1.15 bits per heavy atom. The number of ketones is 2. The molecule has 0 aromatic heterocycles. The Morgan fingerprint density at radius 1 is 0.654 bits per heavy atom. The van der Waals surface area contributed by atoms with Crippen molar-refractivity contribution in [2.75, 3.05) is 10.6 Å². The fourth-order valence-corrected chi connectivity index (χ4v) is 7.71. The molecule has 2 saturated carbocycles. The third-order valence-electron chi connectivity index (χ3n) is 9.78. The van der Waals surface area contributed by atoms with E-state index in [1.807, 2.05) is 0 Å². The topological polar surface area (TPSA) is 133 Å². The first-order valence-corrected chi connectivity index (χ1v) is 17.8. The minimum absolute atomic E-state index is 0.0417. The lowest BCUT2D eigenvalue weighted by Gasteiger charge is -2.21. The molecule has 0 radical (unpaired) electrons. The molecule has 0 spiro atoms. The van der Waals surface area contributed by atoms with Gasteiger partial charge in [-0.3, -0.25) is 19.2 Å². The highest BCUT2D eigenvalue weighted by molar-refractivity contribution is 6.39. The first-order valence-electron chi connectivity index (χ1n) is 16.3. The van der Waals surface area contributed by atoms with Crippen LogP contribution in [0.5, 0.6) is 0 Å². The molecule has 2 fully saturated rings. The zero-order valence-corrected chi connectivity index (χ0v) is 30.0. The third-order valence-corrected chi connectivity index (χ3v) is 11.0. The molecule has 0 saturated heterocycles. The highest BCUT2D eigenvalue weighted by Crippen LogP contribution is 2.48. The van der Waals surface area contributed by atoms with Crippen molar-refractivity contribution in [2.24, 2.45) is 0 Å². The number of carbonyl (C=O) groups is 4. The maximum Gasteiger partial charge on any atom is 0.261 e. The van der Waals surface area contributed by atoms with Gasteiger partial charge in [-0.05, 0) is 91.1 Å². The number of Topliss-reactive ketones (excluding diaryl/α,β-unsaturated/α-hetero) is 2. The minimum atomic E-state index is -2.20. The largest absolute Gasteiger partial charge is 0.375 e. The predicted octanol–water partition coefficient (Wildman–Crippen LogP) is 8.85. The fraction of sp³-hybridized carbons (Fsp3) is 0.263. The molecule has 8 rings (SSSR count). The third kappa shape index (κ3) is 6.50. The van der Waals surface area contributed by atoms with Crippen LogP contribution in [0, 0.1) is 11.6 Å². The van der Waals surface area contributed by atoms with E-state index < -0.39 is 59.1 Å². The van der Waals surface area contributed by atoms with Gasteiger partial charge in [0.05, 0.1) is 39.8 Å². The van der Waals surface area contributed by atoms with Crippen molar-refractivity contribution in [1.29, 1.82) is 0 Å². The van der Waals surface area contributed by atoms with Crippen LogP contribution in [0.4, 0.5) is 20.2 Å². The number of anilines is 2. The van der Waals surface area contributed by atoms with Gasteiger partial charge in [-0.2, -0.15) is 0 Å². The van der Waals surface area contributed by atoms with Crippen LogP contribution in [-0.4, -0.2) is 33.6 Å². The lowest BCUT2D eigenvalue weighted by atomic mass is 9.87. The normalized spacial score (nSPS) is 21.5. The summed E-state index contributed by atoms with van der Waals surface area (Å²) in [7, 11) is 0. The van der Waals surface area contributed by atoms with Gasteiger partial charge in [0.25, 0.3) is 11.8 Å². The molecular formula is C38H28Cl4F2N2O6. The van der Waals surface area contributed by atoms with E-state index in [9.17, 15) is 38.2 Å². The van der Waals surface area contributed by atoms with E-state index in [1.54, 1.807) is 12.1 Å². The van der Waals surface area contributed by atoms with Crippen LogP contribution >= 0.6 is 46.4 Å². The molecule has 4 aromatic rings. The summed E-state index contributed by atoms with van der Waals surface area (Å²) in [4.78, 5) is 49.9. The summed E-state index contributed by atoms with van der Waals surface area (Å²) in [6, 6.07) is 14.6. The lowest BCUT2D eigenvalue weighted by molar-refractivity contribution is -0.133. The number of fused-ring (bicyclic) bond motifs is 2. The average Bonchev–Trinajstić information content (AvgIpc) is 4.03. The van der Waals surface area contributed by atoms with Gasteiger partial charge in [-0.1, -0.05) is 64.6 Å². The Bertz CT molecular complexity index is 2230. The van der Waals surface area contributed by atoms with Gasteiger partial charge in [0, 0.05) is 26.7 Å². The maximum atomic E-state index is 14.4. The molecule has 4 aromatic carbocycles. The number of aliphatic hydroxyl groups is 2. The zero-order valence-electron chi connectivity index (χ0n) is 27.0. The molecule has 2 atom stereocenters. The summed E-state index contributed by atoms with van der Waals surface area (Å²) >= 11 is 24.3. The molecule has 2 heterocycles. The number of benzene rings is 4. The van der Waals surface area contributed by atoms with Gasteiger partial charge < -0.3 is 20.8 Å². The second-order valence-electron chi connectivity index (χ2n) is 13.4. The van der Waals surface area contributed by atoms with Gasteiger partial charge >= 0.3 is 0 Å². The molecule has 268 valence electrons. The summed E-state index contributed by atoms with van der Waals surface area (Å²) in [6.07, 6.45) is 2.73. The molecule has 2 aliphatic carbocycles. The lowest BCUT2D eigenvalue weighted by Crippen LogP contribution is -2.36. The van der Waals surface area contributed by atoms with Gasteiger partial charge in [-0.15, -0.1) is 0 Å². The SMILES string of the molecule is O=C(CC1(O)C(=O)Nc2c(Cl)ccc(Cl)c21)c1ccc(C2CC2)c(F)c1.O=C(CC1(O)C(=O)Nc2c(Cl)ccc(Cl)c21)c1ccc(C2CC2)cc1F. The number of halogens is 6. The van der Waals surface area contributed by atoms with Gasteiger partial charge in [0.15, 0.2) is 22.8 Å². The van der Waals surface area contributed by atoms with Crippen LogP contribution in [0.3, 0.4) is 0 Å². The Morgan fingerprint density at radius 3 is 1.63 bits per heavy atom. The number of rotatable bonds is 8. The molecular weight excluding hydrogens is 760 g/mol. The maximum absolute atomic E-state index is 14.4. The van der Waals surface area contributed by atoms with E-state index in [1.165, 1.54) is 42.5 Å². The summed E-state index contributed by atoms with van der Waals surface area (Å²) in [5, 5.41) is 27.3. The zero-order chi connectivity index (χ0) is 37.3. The summed E-state index contributed by atoms with van der Waals surface area (Å²) in [6.45, 7) is 0. The number of carbonyl (C=O) groups excluding carboxylic acids is 4. The van der Waals surface area contributed by atoms with E-state index in [2.05, 4.69) is 10.6 Å². The Balaban J connectivity index is 0.000000162. The molecule has 2 unspecified atom stereocenters. The smallest absolute Gasteiger partial charge is 0.261 e. The molecule has 14 heteroatoms. The van der Waals surface area contributed by atoms with Crippen LogP contribution < -0.4 is 10.6 Å². The molecule has 4 N–H and O–H groups in total. The van der Waals surface area contributed by atoms with Crippen molar-refractivity contribution in [1.82, 2.24) is 0 Å². The van der Waals surface area contributed by atoms with Gasteiger partial charge in [0.1, 0.15) is 11.6 Å². The summed E-state index contributed by atoms with van der Waals surface area (Å²) in [5.41, 5.74) is -2.49. The first kappa shape index (κ1) is 36.5. The molecule has 4 aliphatic rings. The number of nitrogens with one attached hydrogen (secondary N) is 2. The number of amides is 2. The molecule has 52 heavy (non-hydrogen) atoms. The second-order valence-corrected chi connectivity index (χ2v) is 15.0. The van der Waals surface area contributed by atoms with Crippen LogP contribution in [0.1, 0.15) is 93.3 Å². The van der Waals surface area contributed by atoms with E-state index >= 15 is 0 Å². The van der Waals surface area contributed by atoms with E-state index in [0.717, 1.165) is 37.3 Å². The Hall–Kier alpha value is -3.90. The van der Waals surface area contributed by atoms with Crippen molar-refractivity contribution < 1.29 is 38.2 Å². The van der Waals surface area contributed by atoms with Crippen LogP contribution in [0.25, 0.3) is 0 Å². The van der Waals surface area contributed by atoms with E-state index in [4.69, 9.17) is 46.4 Å². The standard InChI is InChI=1S/2C19H14Cl2FNO3/c20-12-5-6-13(21)17-16(12)19(26,18(25)23-17)8-15(24)10-3-4-11(9-1-2-9)14(22)7-10;20-12-5-6-13(21)17-16(12)19(26,18(25)23-17)8-15(24)11-4-3-10(7-14(11)22)9-1-2-9/h2*3-7,9,26H,1-2,8H2,(H,23,25). The second kappa shape index (κ2) is 13.5. The van der Waals surface area contributed by atoms with Crippen LogP contribution in [0.2, 0.25) is 20.1 Å². The minimum Gasteiger partial charge on any atom is -0.375 e. The van der Waals surface area contributed by atoms with Crippen LogP contribution in [-0.2, 0) is 20.8 Å². The monoisotopic (exact) mass is 786 g/mol. The van der Waals surface area contributed by atoms with Crippen molar-refractivity contribution in [3.63, 3.8) is 0 Å². The predicted molar refractivity (Wildman–Crippen MR) is 193 cm³/mol. The fourth-order valence-electron chi connectivity index (χ4n) is 6.67. The quantitative estimate of drug-likeness (QED) is 0.132. The molecule has 8 nitrogen and oxygen atoms in total. The van der Waals surface area contributed by atoms with Gasteiger partial charge in [0.2, 0.25) is 0 Å². The highest BCUT2D eigenvalue weighted by atomic mass is 35.5. The molecule has 0 bridgehead atoms. The number of hydrogen-bond donors (Lipinski definition) is 4. The van der Waals surface area contributed by atoms with Crippen molar-refractivity contribution in [3.05, 3.63) is 126 Å². The Kier molecular flexibility index (Phi) is 9.47. The summed E-state index contributed by atoms with van der Waals surface area (Å²) in [5.74, 6) is -3.37. The van der Waals surface area contributed by atoms with Crippen LogP contribution in [0.15, 0.2) is 60.7 Å². The van der Waals surface area contributed by atoms with Crippen molar-refractivity contribution >= 4 is 81.2 Å². The van der Waals surface area contributed by atoms with E-state index in [0.29, 0.717) is 11.5 Å². The van der Waals surface area contributed by atoms with Gasteiger partial charge in [-0.25, -0.2) is 8.78 Å². The highest BCUT2D eigenvalue weighted by Gasteiger charge is 2.50. The van der Waals surface area contributed by atoms with Crippen molar-refractivity contribution in [3.8, 4) is 0 Å². The molecule has 2 amide bonds. The first-order chi connectivity index (χ1) is 24.6.